The number of carbonyl (C=O) groups excluding carboxylic acids is 1. The number of carbonyl (C=O) groups is 1. The van der Waals surface area contributed by atoms with Crippen molar-refractivity contribution in [3.63, 3.8) is 0 Å². The van der Waals surface area contributed by atoms with Crippen molar-refractivity contribution < 1.29 is 14.1 Å². The number of amides is 1. The van der Waals surface area contributed by atoms with E-state index in [0.29, 0.717) is 16.5 Å². The normalized spacial score (nSPS) is 10.7. The molecule has 1 heterocycles. The van der Waals surface area contributed by atoms with Crippen LogP contribution in [0, 0.1) is 10.1 Å². The van der Waals surface area contributed by atoms with Gasteiger partial charge in [-0.1, -0.05) is 23.7 Å². The number of furan rings is 1. The number of rotatable bonds is 5. The zero-order valence-electron chi connectivity index (χ0n) is 14.8. The van der Waals surface area contributed by atoms with Crippen LogP contribution in [0.5, 0.6) is 0 Å². The predicted octanol–water partition coefficient (Wildman–Crippen LogP) is 5.03. The molecule has 29 heavy (non-hydrogen) atoms. The maximum absolute atomic E-state index is 12.0. The molecule has 0 spiro atoms. The van der Waals surface area contributed by atoms with Gasteiger partial charge >= 0.3 is 0 Å². The summed E-state index contributed by atoms with van der Waals surface area (Å²) in [7, 11) is 0. The number of benzene rings is 2. The molecule has 3 rings (SSSR count). The molecule has 3 aromatic rings. The molecule has 7 nitrogen and oxygen atoms in total. The second-order valence-corrected chi connectivity index (χ2v) is 6.60. The highest BCUT2D eigenvalue weighted by molar-refractivity contribution is 7.80. The van der Waals surface area contributed by atoms with Crippen molar-refractivity contribution in [2.24, 2.45) is 0 Å². The van der Waals surface area contributed by atoms with Gasteiger partial charge < -0.3 is 9.73 Å². The highest BCUT2D eigenvalue weighted by atomic mass is 35.5. The predicted molar refractivity (Wildman–Crippen MR) is 116 cm³/mol. The number of nitrogens with one attached hydrogen (secondary N) is 2. The lowest BCUT2D eigenvalue weighted by molar-refractivity contribution is -0.383. The Bertz CT molecular complexity index is 1090. The van der Waals surface area contributed by atoms with E-state index in [-0.39, 0.29) is 16.5 Å². The molecule has 0 unspecified atom stereocenters. The minimum atomic E-state index is -0.540. The summed E-state index contributed by atoms with van der Waals surface area (Å²) in [5.74, 6) is 0.600. The molecule has 146 valence electrons. The number of para-hydroxylation sites is 2. The van der Waals surface area contributed by atoms with Crippen LogP contribution < -0.4 is 10.6 Å². The zero-order chi connectivity index (χ0) is 20.8. The Morgan fingerprint density at radius 1 is 1.10 bits per heavy atom. The number of nitro benzene ring substituents is 1. The first-order chi connectivity index (χ1) is 13.9. The monoisotopic (exact) mass is 427 g/mol. The molecule has 0 atom stereocenters. The second-order valence-electron chi connectivity index (χ2n) is 5.76. The third-order valence-electron chi connectivity index (χ3n) is 3.74. The first-order valence-corrected chi connectivity index (χ1v) is 9.10. The smallest absolute Gasteiger partial charge is 0.292 e. The fraction of sp³-hybridized carbons (Fsp3) is 0. The SMILES string of the molecule is O=C(C=Cc1ccc(-c2ccc(Cl)cc2)o1)NC(=S)Nc1ccccc1[N+](=O)[O-]. The van der Waals surface area contributed by atoms with Crippen LogP contribution >= 0.6 is 23.8 Å². The average Bonchev–Trinajstić information content (AvgIpc) is 3.16. The molecule has 1 aromatic heterocycles. The van der Waals surface area contributed by atoms with Gasteiger partial charge in [0.25, 0.3) is 5.69 Å². The highest BCUT2D eigenvalue weighted by Gasteiger charge is 2.13. The van der Waals surface area contributed by atoms with Gasteiger partial charge in [0.1, 0.15) is 17.2 Å². The maximum atomic E-state index is 12.0. The van der Waals surface area contributed by atoms with Gasteiger partial charge in [0.15, 0.2) is 5.11 Å². The summed E-state index contributed by atoms with van der Waals surface area (Å²) >= 11 is 10.9. The van der Waals surface area contributed by atoms with Crippen LogP contribution in [-0.4, -0.2) is 15.9 Å². The van der Waals surface area contributed by atoms with Gasteiger partial charge in [0.2, 0.25) is 5.91 Å². The third kappa shape index (κ3) is 5.50. The molecule has 0 bridgehead atoms. The van der Waals surface area contributed by atoms with Crippen LogP contribution in [0.15, 0.2) is 71.2 Å². The minimum absolute atomic E-state index is 0.0600. The fourth-order valence-electron chi connectivity index (χ4n) is 2.42. The zero-order valence-corrected chi connectivity index (χ0v) is 16.4. The fourth-order valence-corrected chi connectivity index (χ4v) is 2.75. The van der Waals surface area contributed by atoms with E-state index in [1.165, 1.54) is 30.4 Å². The lowest BCUT2D eigenvalue weighted by atomic mass is 10.2. The van der Waals surface area contributed by atoms with E-state index in [0.717, 1.165) is 5.56 Å². The van der Waals surface area contributed by atoms with Crippen LogP contribution in [0.4, 0.5) is 11.4 Å². The molecule has 2 N–H and O–H groups in total. The molecule has 0 aliphatic rings. The molecular formula is C20H14ClN3O4S. The van der Waals surface area contributed by atoms with E-state index >= 15 is 0 Å². The van der Waals surface area contributed by atoms with Gasteiger partial charge in [0, 0.05) is 22.7 Å². The topological polar surface area (TPSA) is 97.4 Å². The molecule has 0 radical (unpaired) electrons. The molecule has 0 saturated heterocycles. The Morgan fingerprint density at radius 2 is 1.83 bits per heavy atom. The molecule has 0 saturated carbocycles. The van der Waals surface area contributed by atoms with Crippen LogP contribution in [0.25, 0.3) is 17.4 Å². The molecule has 0 aliphatic carbocycles. The van der Waals surface area contributed by atoms with Gasteiger partial charge in [-0.3, -0.25) is 20.2 Å². The van der Waals surface area contributed by atoms with Crippen LogP contribution in [0.3, 0.4) is 0 Å². The Kier molecular flexibility index (Phi) is 6.38. The van der Waals surface area contributed by atoms with E-state index in [4.69, 9.17) is 28.2 Å². The van der Waals surface area contributed by atoms with E-state index in [9.17, 15) is 14.9 Å². The van der Waals surface area contributed by atoms with Gasteiger partial charge in [-0.05, 0) is 60.8 Å². The number of thiocarbonyl (C=S) groups is 1. The molecule has 0 fully saturated rings. The summed E-state index contributed by atoms with van der Waals surface area (Å²) in [6, 6.07) is 16.7. The Balaban J connectivity index is 1.59. The number of halogens is 1. The largest absolute Gasteiger partial charge is 0.457 e. The lowest BCUT2D eigenvalue weighted by Crippen LogP contribution is -2.33. The number of hydrogen-bond acceptors (Lipinski definition) is 5. The number of hydrogen-bond donors (Lipinski definition) is 2. The van der Waals surface area contributed by atoms with Crippen molar-refractivity contribution in [3.05, 3.63) is 87.6 Å². The molecule has 1 amide bonds. The van der Waals surface area contributed by atoms with Crippen molar-refractivity contribution in [2.75, 3.05) is 5.32 Å². The molecule has 9 heteroatoms. The lowest BCUT2D eigenvalue weighted by Gasteiger charge is -2.08. The van der Waals surface area contributed by atoms with Gasteiger partial charge in [-0.25, -0.2) is 0 Å². The summed E-state index contributed by atoms with van der Waals surface area (Å²) in [6.45, 7) is 0. The number of nitrogens with zero attached hydrogens (tertiary/aromatic N) is 1. The van der Waals surface area contributed by atoms with Crippen molar-refractivity contribution in [1.29, 1.82) is 0 Å². The van der Waals surface area contributed by atoms with Gasteiger partial charge in [-0.2, -0.15) is 0 Å². The first kappa shape index (κ1) is 20.2. The van der Waals surface area contributed by atoms with E-state index in [2.05, 4.69) is 10.6 Å². The molecule has 2 aromatic carbocycles. The van der Waals surface area contributed by atoms with Crippen LogP contribution in [0.1, 0.15) is 5.76 Å². The van der Waals surface area contributed by atoms with Crippen molar-refractivity contribution in [3.8, 4) is 11.3 Å². The summed E-state index contributed by atoms with van der Waals surface area (Å²) < 4.78 is 5.67. The summed E-state index contributed by atoms with van der Waals surface area (Å²) in [5.41, 5.74) is 0.892. The molecular weight excluding hydrogens is 414 g/mol. The Morgan fingerprint density at radius 3 is 2.55 bits per heavy atom. The second kappa shape index (κ2) is 9.13. The number of anilines is 1. The summed E-state index contributed by atoms with van der Waals surface area (Å²) in [6.07, 6.45) is 2.74. The van der Waals surface area contributed by atoms with Crippen LogP contribution in [0.2, 0.25) is 5.02 Å². The molecule has 0 aliphatic heterocycles. The average molecular weight is 428 g/mol. The highest BCUT2D eigenvalue weighted by Crippen LogP contribution is 2.24. The Labute approximate surface area is 176 Å². The minimum Gasteiger partial charge on any atom is -0.457 e. The van der Waals surface area contributed by atoms with Crippen molar-refractivity contribution >= 4 is 52.3 Å². The first-order valence-electron chi connectivity index (χ1n) is 8.31. The van der Waals surface area contributed by atoms with Crippen molar-refractivity contribution in [2.45, 2.75) is 0 Å². The maximum Gasteiger partial charge on any atom is 0.292 e. The standard InChI is InChI=1S/C20H14ClN3O4S/c21-14-7-5-13(6-8-14)18-11-9-15(28-18)10-12-19(25)23-20(29)22-16-3-1-2-4-17(16)24(26)27/h1-12H,(H2,22,23,25,29). The Hall–Kier alpha value is -3.49. The third-order valence-corrected chi connectivity index (χ3v) is 4.20. The quantitative estimate of drug-likeness (QED) is 0.256. The van der Waals surface area contributed by atoms with E-state index < -0.39 is 10.8 Å². The summed E-state index contributed by atoms with van der Waals surface area (Å²) in [5, 5.41) is 16.6. The van der Waals surface area contributed by atoms with Crippen molar-refractivity contribution in [1.82, 2.24) is 5.32 Å². The van der Waals surface area contributed by atoms with Gasteiger partial charge in [0.05, 0.1) is 4.92 Å². The van der Waals surface area contributed by atoms with E-state index in [1.807, 2.05) is 12.1 Å². The van der Waals surface area contributed by atoms with E-state index in [1.54, 1.807) is 30.3 Å². The van der Waals surface area contributed by atoms with Gasteiger partial charge in [-0.15, -0.1) is 0 Å². The number of nitro groups is 1. The van der Waals surface area contributed by atoms with Crippen LogP contribution in [-0.2, 0) is 4.79 Å². The summed E-state index contributed by atoms with van der Waals surface area (Å²) in [4.78, 5) is 22.5.